The van der Waals surface area contributed by atoms with Crippen molar-refractivity contribution in [3.8, 4) is 0 Å². The highest BCUT2D eigenvalue weighted by molar-refractivity contribution is 5.68. The van der Waals surface area contributed by atoms with Crippen molar-refractivity contribution in [3.63, 3.8) is 0 Å². The number of nitrogens with one attached hydrogen (secondary N) is 1. The Morgan fingerprint density at radius 1 is 1.47 bits per heavy atom. The molecule has 0 aromatic carbocycles. The van der Waals surface area contributed by atoms with E-state index in [1.807, 2.05) is 20.8 Å². The normalized spacial score (nSPS) is 29.7. The molecule has 2 aliphatic heterocycles. The number of rotatable bonds is 0. The van der Waals surface area contributed by atoms with Crippen LogP contribution in [-0.2, 0) is 9.47 Å². The van der Waals surface area contributed by atoms with E-state index in [2.05, 4.69) is 5.32 Å². The van der Waals surface area contributed by atoms with E-state index in [1.165, 1.54) is 0 Å². The van der Waals surface area contributed by atoms with Gasteiger partial charge in [-0.15, -0.1) is 0 Å². The number of fused-ring (bicyclic) bond motifs is 1. The van der Waals surface area contributed by atoms with E-state index in [4.69, 9.17) is 9.47 Å². The van der Waals surface area contributed by atoms with Gasteiger partial charge in [-0.3, -0.25) is 0 Å². The molecule has 5 heteroatoms. The van der Waals surface area contributed by atoms with Crippen LogP contribution in [0.3, 0.4) is 0 Å². The number of amides is 1. The summed E-state index contributed by atoms with van der Waals surface area (Å²) in [4.78, 5) is 13.7. The molecule has 0 aromatic rings. The zero-order valence-electron chi connectivity index (χ0n) is 10.9. The molecule has 0 bridgehead atoms. The fourth-order valence-corrected chi connectivity index (χ4v) is 2.27. The Bertz CT molecular complexity index is 288. The first kappa shape index (κ1) is 12.6. The van der Waals surface area contributed by atoms with Crippen molar-refractivity contribution in [1.82, 2.24) is 10.2 Å². The molecule has 2 atom stereocenters. The molecule has 5 nitrogen and oxygen atoms in total. The van der Waals surface area contributed by atoms with Gasteiger partial charge in [0, 0.05) is 19.6 Å². The molecule has 1 amide bonds. The molecule has 0 radical (unpaired) electrons. The first-order valence-corrected chi connectivity index (χ1v) is 6.28. The van der Waals surface area contributed by atoms with E-state index < -0.39 is 5.60 Å². The lowest BCUT2D eigenvalue weighted by atomic mass is 10.0. The molecule has 0 saturated carbocycles. The molecule has 1 N–H and O–H groups in total. The Morgan fingerprint density at radius 3 is 2.94 bits per heavy atom. The molecule has 2 saturated heterocycles. The topological polar surface area (TPSA) is 50.8 Å². The minimum Gasteiger partial charge on any atom is -0.444 e. The fraction of sp³-hybridized carbons (Fsp3) is 0.917. The van der Waals surface area contributed by atoms with Gasteiger partial charge in [0.15, 0.2) is 0 Å². The summed E-state index contributed by atoms with van der Waals surface area (Å²) in [5, 5.41) is 3.39. The first-order valence-electron chi connectivity index (χ1n) is 6.28. The number of carbonyl (C=O) groups is 1. The summed E-state index contributed by atoms with van der Waals surface area (Å²) < 4.78 is 11.0. The zero-order valence-corrected chi connectivity index (χ0v) is 10.9. The zero-order chi connectivity index (χ0) is 12.5. The number of piperidine rings is 1. The maximum Gasteiger partial charge on any atom is 0.410 e. The van der Waals surface area contributed by atoms with E-state index in [1.54, 1.807) is 4.90 Å². The smallest absolute Gasteiger partial charge is 0.410 e. The summed E-state index contributed by atoms with van der Waals surface area (Å²) in [6, 6.07) is 0.255. The number of ether oxygens (including phenoxy) is 2. The van der Waals surface area contributed by atoms with Gasteiger partial charge in [0.05, 0.1) is 18.8 Å². The molecule has 98 valence electrons. The molecule has 2 heterocycles. The van der Waals surface area contributed by atoms with Gasteiger partial charge in [0.2, 0.25) is 0 Å². The molecule has 2 unspecified atom stereocenters. The van der Waals surface area contributed by atoms with Gasteiger partial charge >= 0.3 is 6.09 Å². The highest BCUT2D eigenvalue weighted by Crippen LogP contribution is 2.19. The largest absolute Gasteiger partial charge is 0.444 e. The van der Waals surface area contributed by atoms with E-state index in [-0.39, 0.29) is 18.2 Å². The van der Waals surface area contributed by atoms with E-state index >= 15 is 0 Å². The Balaban J connectivity index is 1.89. The molecule has 2 rings (SSSR count). The van der Waals surface area contributed by atoms with E-state index in [0.717, 1.165) is 26.1 Å². The van der Waals surface area contributed by atoms with Crippen LogP contribution in [-0.4, -0.2) is 55.0 Å². The highest BCUT2D eigenvalue weighted by Gasteiger charge is 2.35. The van der Waals surface area contributed by atoms with Crippen molar-refractivity contribution in [2.45, 2.75) is 44.9 Å². The first-order chi connectivity index (χ1) is 7.96. The average Bonchev–Trinajstić information content (AvgIpc) is 2.26. The second-order valence-electron chi connectivity index (χ2n) is 5.68. The Morgan fingerprint density at radius 2 is 2.24 bits per heavy atom. The highest BCUT2D eigenvalue weighted by atomic mass is 16.6. The summed E-state index contributed by atoms with van der Waals surface area (Å²) in [7, 11) is 0. The lowest BCUT2D eigenvalue weighted by Crippen LogP contribution is -2.59. The molecular formula is C12H22N2O3. The van der Waals surface area contributed by atoms with Gasteiger partial charge in [0.1, 0.15) is 5.60 Å². The maximum atomic E-state index is 11.9. The standard InChI is InChI=1S/C12H22N2O3/c1-12(2,3)17-11(15)14-6-4-10-9(8-14)13-5-7-16-10/h9-10,13H,4-8H2,1-3H3. The summed E-state index contributed by atoms with van der Waals surface area (Å²) in [6.45, 7) is 8.70. The monoisotopic (exact) mass is 242 g/mol. The lowest BCUT2D eigenvalue weighted by Gasteiger charge is -2.41. The van der Waals surface area contributed by atoms with Crippen LogP contribution in [0.4, 0.5) is 4.79 Å². The Kier molecular flexibility index (Phi) is 3.58. The third-order valence-electron chi connectivity index (χ3n) is 3.04. The Hall–Kier alpha value is -0.810. The van der Waals surface area contributed by atoms with Crippen LogP contribution in [0.1, 0.15) is 27.2 Å². The van der Waals surface area contributed by atoms with Crippen molar-refractivity contribution in [2.75, 3.05) is 26.2 Å². The van der Waals surface area contributed by atoms with Crippen LogP contribution in [0.5, 0.6) is 0 Å². The predicted molar refractivity (Wildman–Crippen MR) is 64.0 cm³/mol. The molecule has 2 aliphatic rings. The van der Waals surface area contributed by atoms with Gasteiger partial charge in [-0.25, -0.2) is 4.79 Å². The van der Waals surface area contributed by atoms with Crippen molar-refractivity contribution in [2.24, 2.45) is 0 Å². The van der Waals surface area contributed by atoms with E-state index in [0.29, 0.717) is 6.54 Å². The van der Waals surface area contributed by atoms with Gasteiger partial charge in [0.25, 0.3) is 0 Å². The molecule has 2 fully saturated rings. The predicted octanol–water partition coefficient (Wildman–Crippen LogP) is 0.984. The van der Waals surface area contributed by atoms with Gasteiger partial charge in [-0.2, -0.15) is 0 Å². The Labute approximate surface area is 102 Å². The molecule has 0 aliphatic carbocycles. The third kappa shape index (κ3) is 3.33. The van der Waals surface area contributed by atoms with Gasteiger partial charge in [-0.1, -0.05) is 0 Å². The van der Waals surface area contributed by atoms with Crippen molar-refractivity contribution in [1.29, 1.82) is 0 Å². The van der Waals surface area contributed by atoms with Crippen LogP contribution in [0.2, 0.25) is 0 Å². The SMILES string of the molecule is CC(C)(C)OC(=O)N1CCC2OCCNC2C1. The maximum absolute atomic E-state index is 11.9. The van der Waals surface area contributed by atoms with Crippen molar-refractivity contribution in [3.05, 3.63) is 0 Å². The number of morpholine rings is 1. The van der Waals surface area contributed by atoms with Gasteiger partial charge < -0.3 is 19.7 Å². The quantitative estimate of drug-likeness (QED) is 0.688. The summed E-state index contributed by atoms with van der Waals surface area (Å²) >= 11 is 0. The lowest BCUT2D eigenvalue weighted by molar-refractivity contribution is -0.0484. The number of hydrogen-bond acceptors (Lipinski definition) is 4. The summed E-state index contributed by atoms with van der Waals surface area (Å²) in [6.07, 6.45) is 0.919. The average molecular weight is 242 g/mol. The van der Waals surface area contributed by atoms with Crippen LogP contribution < -0.4 is 5.32 Å². The number of nitrogens with zero attached hydrogens (tertiary/aromatic N) is 1. The van der Waals surface area contributed by atoms with Crippen LogP contribution in [0.25, 0.3) is 0 Å². The van der Waals surface area contributed by atoms with Crippen LogP contribution in [0.15, 0.2) is 0 Å². The van der Waals surface area contributed by atoms with E-state index in [9.17, 15) is 4.79 Å². The number of likely N-dealkylation sites (tertiary alicyclic amines) is 1. The van der Waals surface area contributed by atoms with Crippen LogP contribution >= 0.6 is 0 Å². The van der Waals surface area contributed by atoms with Crippen molar-refractivity contribution >= 4 is 6.09 Å². The summed E-state index contributed by atoms with van der Waals surface area (Å²) in [5.74, 6) is 0. The number of hydrogen-bond donors (Lipinski definition) is 1. The molecule has 0 aromatic heterocycles. The summed E-state index contributed by atoms with van der Waals surface area (Å²) in [5.41, 5.74) is -0.426. The minimum atomic E-state index is -0.426. The molecule has 17 heavy (non-hydrogen) atoms. The van der Waals surface area contributed by atoms with Crippen molar-refractivity contribution < 1.29 is 14.3 Å². The fourth-order valence-electron chi connectivity index (χ4n) is 2.27. The van der Waals surface area contributed by atoms with Gasteiger partial charge in [-0.05, 0) is 27.2 Å². The second kappa shape index (κ2) is 4.82. The van der Waals surface area contributed by atoms with Crippen LogP contribution in [0, 0.1) is 0 Å². The number of carbonyl (C=O) groups excluding carboxylic acids is 1. The molecule has 0 spiro atoms. The minimum absolute atomic E-state index is 0.219. The second-order valence-corrected chi connectivity index (χ2v) is 5.68. The third-order valence-corrected chi connectivity index (χ3v) is 3.04. The molecular weight excluding hydrogens is 220 g/mol.